The maximum absolute atomic E-state index is 13.6. The zero-order valence-corrected chi connectivity index (χ0v) is 15.9. The Balaban J connectivity index is 1.80. The van der Waals surface area contributed by atoms with Crippen LogP contribution >= 0.6 is 12.2 Å². The molecule has 138 valence electrons. The van der Waals surface area contributed by atoms with Gasteiger partial charge in [-0.15, -0.1) is 0 Å². The number of benzene rings is 3. The third-order valence-electron chi connectivity index (χ3n) is 4.09. The first-order chi connectivity index (χ1) is 13.1. The lowest BCUT2D eigenvalue weighted by Crippen LogP contribution is -2.33. The Labute approximate surface area is 164 Å². The number of rotatable bonds is 6. The summed E-state index contributed by atoms with van der Waals surface area (Å²) in [7, 11) is 1.63. The Morgan fingerprint density at radius 1 is 0.926 bits per heavy atom. The fraction of sp³-hybridized carbons (Fsp3) is 0.136. The summed E-state index contributed by atoms with van der Waals surface area (Å²) < 4.78 is 18.9. The van der Waals surface area contributed by atoms with Gasteiger partial charge in [-0.25, -0.2) is 4.39 Å². The molecule has 5 heteroatoms. The van der Waals surface area contributed by atoms with Crippen LogP contribution in [0.4, 0.5) is 10.1 Å². The van der Waals surface area contributed by atoms with Crippen LogP contribution in [0.15, 0.2) is 78.9 Å². The van der Waals surface area contributed by atoms with Gasteiger partial charge in [0.15, 0.2) is 5.11 Å². The maximum Gasteiger partial charge on any atom is 0.174 e. The molecule has 0 aliphatic carbocycles. The summed E-state index contributed by atoms with van der Waals surface area (Å²) in [6.07, 6.45) is 0. The van der Waals surface area contributed by atoms with Crippen molar-refractivity contribution in [3.05, 3.63) is 95.8 Å². The average Bonchev–Trinajstić information content (AvgIpc) is 2.68. The van der Waals surface area contributed by atoms with Crippen LogP contribution in [-0.4, -0.2) is 17.1 Å². The molecule has 0 heterocycles. The molecule has 0 aromatic heterocycles. The zero-order chi connectivity index (χ0) is 19.1. The van der Waals surface area contributed by atoms with E-state index in [4.69, 9.17) is 17.0 Å². The number of anilines is 1. The average molecular weight is 380 g/mol. The Bertz CT molecular complexity index is 902. The summed E-state index contributed by atoms with van der Waals surface area (Å²) >= 11 is 5.65. The van der Waals surface area contributed by atoms with Gasteiger partial charge in [-0.1, -0.05) is 48.5 Å². The number of ether oxygens (including phenoxy) is 1. The summed E-state index contributed by atoms with van der Waals surface area (Å²) in [6, 6.07) is 24.2. The number of nitrogens with zero attached hydrogens (tertiary/aromatic N) is 1. The molecule has 3 nitrogen and oxygen atoms in total. The van der Waals surface area contributed by atoms with E-state index in [2.05, 4.69) is 5.32 Å². The second-order valence-corrected chi connectivity index (χ2v) is 6.52. The Kier molecular flexibility index (Phi) is 6.39. The van der Waals surface area contributed by atoms with Gasteiger partial charge in [0, 0.05) is 24.8 Å². The molecule has 3 rings (SSSR count). The fourth-order valence-electron chi connectivity index (χ4n) is 2.76. The Hall–Kier alpha value is -2.92. The van der Waals surface area contributed by atoms with Gasteiger partial charge in [0.25, 0.3) is 0 Å². The maximum atomic E-state index is 13.6. The summed E-state index contributed by atoms with van der Waals surface area (Å²) in [5.74, 6) is 0.501. The first kappa shape index (κ1) is 18.9. The van der Waals surface area contributed by atoms with E-state index in [0.717, 1.165) is 22.6 Å². The predicted octanol–water partition coefficient (Wildman–Crippen LogP) is 5.23. The molecular weight excluding hydrogens is 359 g/mol. The van der Waals surface area contributed by atoms with E-state index in [9.17, 15) is 4.39 Å². The van der Waals surface area contributed by atoms with Crippen molar-refractivity contribution in [2.75, 3.05) is 12.4 Å². The molecule has 0 bridgehead atoms. The lowest BCUT2D eigenvalue weighted by atomic mass is 10.1. The van der Waals surface area contributed by atoms with Gasteiger partial charge in [-0.2, -0.15) is 0 Å². The van der Waals surface area contributed by atoms with Crippen molar-refractivity contribution in [2.24, 2.45) is 0 Å². The molecule has 27 heavy (non-hydrogen) atoms. The molecule has 0 aliphatic rings. The van der Waals surface area contributed by atoms with Crippen LogP contribution in [0.5, 0.6) is 5.75 Å². The molecule has 0 amide bonds. The van der Waals surface area contributed by atoms with Crippen molar-refractivity contribution >= 4 is 23.0 Å². The summed E-state index contributed by atoms with van der Waals surface area (Å²) in [5.41, 5.74) is 2.83. The van der Waals surface area contributed by atoms with Gasteiger partial charge in [0.2, 0.25) is 0 Å². The molecule has 0 radical (unpaired) electrons. The molecule has 3 aromatic rings. The van der Waals surface area contributed by atoms with Crippen molar-refractivity contribution in [1.82, 2.24) is 4.90 Å². The van der Waals surface area contributed by atoms with Crippen molar-refractivity contribution in [3.63, 3.8) is 0 Å². The van der Waals surface area contributed by atoms with Crippen LogP contribution in [-0.2, 0) is 13.1 Å². The molecular formula is C22H21FN2OS. The predicted molar refractivity (Wildman–Crippen MR) is 111 cm³/mol. The van der Waals surface area contributed by atoms with Gasteiger partial charge in [-0.3, -0.25) is 0 Å². The van der Waals surface area contributed by atoms with Crippen LogP contribution < -0.4 is 10.1 Å². The van der Waals surface area contributed by atoms with Gasteiger partial charge in [-0.05, 0) is 47.6 Å². The molecule has 0 saturated carbocycles. The number of thiocarbonyl (C=S) groups is 1. The number of halogens is 1. The standard InChI is InChI=1S/C22H21FN2OS/c1-26-21-12-6-11-20(14-21)24-22(27)25(15-17-7-3-2-4-8-17)16-18-9-5-10-19(23)13-18/h2-14H,15-16H2,1H3,(H,24,27). The van der Waals surface area contributed by atoms with E-state index in [0.29, 0.717) is 18.2 Å². The molecule has 3 aromatic carbocycles. The number of methoxy groups -OCH3 is 1. The van der Waals surface area contributed by atoms with E-state index in [1.165, 1.54) is 12.1 Å². The van der Waals surface area contributed by atoms with E-state index in [1.54, 1.807) is 13.2 Å². The second kappa shape index (κ2) is 9.14. The van der Waals surface area contributed by atoms with Crippen LogP contribution in [0.1, 0.15) is 11.1 Å². The van der Waals surface area contributed by atoms with Crippen LogP contribution in [0, 0.1) is 5.82 Å². The summed E-state index contributed by atoms with van der Waals surface area (Å²) in [5, 5.41) is 3.82. The highest BCUT2D eigenvalue weighted by Gasteiger charge is 2.12. The molecule has 0 atom stereocenters. The normalized spacial score (nSPS) is 10.3. The highest BCUT2D eigenvalue weighted by Crippen LogP contribution is 2.19. The van der Waals surface area contributed by atoms with E-state index in [1.807, 2.05) is 65.6 Å². The number of hydrogen-bond acceptors (Lipinski definition) is 2. The topological polar surface area (TPSA) is 24.5 Å². The lowest BCUT2D eigenvalue weighted by Gasteiger charge is -2.26. The second-order valence-electron chi connectivity index (χ2n) is 6.13. The first-order valence-corrected chi connectivity index (χ1v) is 9.03. The SMILES string of the molecule is COc1cccc(NC(=S)N(Cc2ccccc2)Cc2cccc(F)c2)c1. The first-order valence-electron chi connectivity index (χ1n) is 8.62. The number of hydrogen-bond donors (Lipinski definition) is 1. The minimum absolute atomic E-state index is 0.251. The molecule has 1 N–H and O–H groups in total. The Morgan fingerprint density at radius 3 is 2.37 bits per heavy atom. The molecule has 0 fully saturated rings. The van der Waals surface area contributed by atoms with Crippen LogP contribution in [0.3, 0.4) is 0 Å². The third kappa shape index (κ3) is 5.53. The van der Waals surface area contributed by atoms with Crippen molar-refractivity contribution < 1.29 is 9.13 Å². The Morgan fingerprint density at radius 2 is 1.63 bits per heavy atom. The van der Waals surface area contributed by atoms with Crippen molar-refractivity contribution in [1.29, 1.82) is 0 Å². The van der Waals surface area contributed by atoms with Crippen LogP contribution in [0.25, 0.3) is 0 Å². The van der Waals surface area contributed by atoms with Gasteiger partial charge < -0.3 is 15.0 Å². The third-order valence-corrected chi connectivity index (χ3v) is 4.45. The quantitative estimate of drug-likeness (QED) is 0.592. The lowest BCUT2D eigenvalue weighted by molar-refractivity contribution is 0.411. The number of nitrogens with one attached hydrogen (secondary N) is 1. The van der Waals surface area contributed by atoms with E-state index >= 15 is 0 Å². The molecule has 0 saturated heterocycles. The summed E-state index contributed by atoms with van der Waals surface area (Å²) in [6.45, 7) is 1.12. The highest BCUT2D eigenvalue weighted by atomic mass is 32.1. The molecule has 0 unspecified atom stereocenters. The largest absolute Gasteiger partial charge is 0.497 e. The van der Waals surface area contributed by atoms with Gasteiger partial charge in [0.1, 0.15) is 11.6 Å². The van der Waals surface area contributed by atoms with Crippen molar-refractivity contribution in [2.45, 2.75) is 13.1 Å². The van der Waals surface area contributed by atoms with Crippen molar-refractivity contribution in [3.8, 4) is 5.75 Å². The van der Waals surface area contributed by atoms with Gasteiger partial charge >= 0.3 is 0 Å². The van der Waals surface area contributed by atoms with E-state index in [-0.39, 0.29) is 5.82 Å². The molecule has 0 spiro atoms. The fourth-order valence-corrected chi connectivity index (χ4v) is 3.01. The van der Waals surface area contributed by atoms with E-state index < -0.39 is 0 Å². The molecule has 0 aliphatic heterocycles. The smallest absolute Gasteiger partial charge is 0.174 e. The van der Waals surface area contributed by atoms with Gasteiger partial charge in [0.05, 0.1) is 7.11 Å². The monoisotopic (exact) mass is 380 g/mol. The van der Waals surface area contributed by atoms with Crippen LogP contribution in [0.2, 0.25) is 0 Å². The summed E-state index contributed by atoms with van der Waals surface area (Å²) in [4.78, 5) is 2.01. The minimum Gasteiger partial charge on any atom is -0.497 e. The minimum atomic E-state index is -0.251. The highest BCUT2D eigenvalue weighted by molar-refractivity contribution is 7.80. The zero-order valence-electron chi connectivity index (χ0n) is 15.1.